The number of aryl methyl sites for hydroxylation is 1. The summed E-state index contributed by atoms with van der Waals surface area (Å²) in [7, 11) is 0. The van der Waals surface area contributed by atoms with Crippen molar-refractivity contribution in [3.05, 3.63) is 35.4 Å². The second-order valence-electron chi connectivity index (χ2n) is 5.24. The molecule has 19 heavy (non-hydrogen) atoms. The summed E-state index contributed by atoms with van der Waals surface area (Å²) in [6.07, 6.45) is 2.65. The Labute approximate surface area is 119 Å². The van der Waals surface area contributed by atoms with Gasteiger partial charge in [0.2, 0.25) is 5.91 Å². The topological polar surface area (TPSA) is 46.3 Å². The summed E-state index contributed by atoms with van der Waals surface area (Å²) in [6.45, 7) is 3.33. The van der Waals surface area contributed by atoms with Gasteiger partial charge in [-0.15, -0.1) is 0 Å². The highest BCUT2D eigenvalue weighted by atomic mass is 32.1. The van der Waals surface area contributed by atoms with Crippen LogP contribution >= 0.6 is 12.2 Å². The van der Waals surface area contributed by atoms with Crippen LogP contribution in [0.3, 0.4) is 0 Å². The summed E-state index contributed by atoms with van der Waals surface area (Å²) in [4.78, 5) is 14.6. The van der Waals surface area contributed by atoms with E-state index in [0.717, 1.165) is 18.4 Å². The van der Waals surface area contributed by atoms with Crippen molar-refractivity contribution in [2.24, 2.45) is 11.7 Å². The zero-order valence-corrected chi connectivity index (χ0v) is 12.1. The van der Waals surface area contributed by atoms with Gasteiger partial charge in [0.1, 0.15) is 0 Å². The van der Waals surface area contributed by atoms with Gasteiger partial charge < -0.3 is 10.6 Å². The van der Waals surface area contributed by atoms with E-state index in [4.69, 9.17) is 18.0 Å². The quantitative estimate of drug-likeness (QED) is 0.812. The lowest BCUT2D eigenvalue weighted by molar-refractivity contribution is -0.133. The minimum Gasteiger partial charge on any atom is -0.393 e. The molecule has 1 saturated carbocycles. The number of hydrogen-bond acceptors (Lipinski definition) is 2. The van der Waals surface area contributed by atoms with Crippen molar-refractivity contribution >= 4 is 23.1 Å². The molecule has 1 fully saturated rings. The number of benzene rings is 1. The van der Waals surface area contributed by atoms with Gasteiger partial charge in [-0.05, 0) is 25.3 Å². The minimum absolute atomic E-state index is 0.233. The van der Waals surface area contributed by atoms with Crippen LogP contribution in [0.15, 0.2) is 24.3 Å². The van der Waals surface area contributed by atoms with Gasteiger partial charge >= 0.3 is 0 Å². The van der Waals surface area contributed by atoms with Gasteiger partial charge in [-0.3, -0.25) is 4.79 Å². The summed E-state index contributed by atoms with van der Waals surface area (Å²) < 4.78 is 0. The molecule has 1 amide bonds. The SMILES string of the molecule is Cc1ccc(CN(CCC(N)=S)C(=O)C2CC2)cc1. The molecule has 1 aromatic rings. The van der Waals surface area contributed by atoms with Crippen LogP contribution in [0.5, 0.6) is 0 Å². The first-order valence-electron chi connectivity index (χ1n) is 6.69. The molecule has 102 valence electrons. The van der Waals surface area contributed by atoms with Crippen molar-refractivity contribution < 1.29 is 4.79 Å². The average molecular weight is 276 g/mol. The van der Waals surface area contributed by atoms with Gasteiger partial charge in [-0.2, -0.15) is 0 Å². The van der Waals surface area contributed by atoms with E-state index in [1.54, 1.807) is 0 Å². The molecular weight excluding hydrogens is 256 g/mol. The van der Waals surface area contributed by atoms with Crippen LogP contribution < -0.4 is 5.73 Å². The monoisotopic (exact) mass is 276 g/mol. The van der Waals surface area contributed by atoms with Crippen LogP contribution in [-0.4, -0.2) is 22.3 Å². The zero-order valence-electron chi connectivity index (χ0n) is 11.3. The number of nitrogens with two attached hydrogens (primary N) is 1. The number of rotatable bonds is 6. The summed E-state index contributed by atoms with van der Waals surface area (Å²) in [5.41, 5.74) is 7.92. The molecule has 0 aromatic heterocycles. The molecule has 0 spiro atoms. The molecule has 0 radical (unpaired) electrons. The lowest BCUT2D eigenvalue weighted by Crippen LogP contribution is -2.34. The van der Waals surface area contributed by atoms with Gasteiger partial charge in [0, 0.05) is 25.4 Å². The predicted octanol–water partition coefficient (Wildman–Crippen LogP) is 2.41. The van der Waals surface area contributed by atoms with E-state index in [2.05, 4.69) is 31.2 Å². The lowest BCUT2D eigenvalue weighted by atomic mass is 10.1. The molecule has 0 heterocycles. The Kier molecular flexibility index (Phi) is 4.53. The fraction of sp³-hybridized carbons (Fsp3) is 0.467. The molecule has 3 nitrogen and oxygen atoms in total. The first-order chi connectivity index (χ1) is 9.06. The highest BCUT2D eigenvalue weighted by molar-refractivity contribution is 7.80. The minimum atomic E-state index is 0.233. The number of carbonyl (C=O) groups is 1. The average Bonchev–Trinajstić information content (AvgIpc) is 3.20. The largest absolute Gasteiger partial charge is 0.393 e. The van der Waals surface area contributed by atoms with E-state index in [1.807, 2.05) is 4.90 Å². The standard InChI is InChI=1S/C15H20N2OS/c1-11-2-4-12(5-3-11)10-17(9-8-14(16)19)15(18)13-6-7-13/h2-5,13H,6-10H2,1H3,(H2,16,19). The fourth-order valence-electron chi connectivity index (χ4n) is 2.01. The van der Waals surface area contributed by atoms with Gasteiger partial charge in [0.15, 0.2) is 0 Å². The van der Waals surface area contributed by atoms with E-state index >= 15 is 0 Å². The Balaban J connectivity index is 2.01. The number of nitrogens with zero attached hydrogens (tertiary/aromatic N) is 1. The number of carbonyl (C=O) groups excluding carboxylic acids is 1. The van der Waals surface area contributed by atoms with Crippen LogP contribution in [0, 0.1) is 12.8 Å². The van der Waals surface area contributed by atoms with Gasteiger partial charge in [0.25, 0.3) is 0 Å². The first-order valence-corrected chi connectivity index (χ1v) is 7.09. The second kappa shape index (κ2) is 6.15. The maximum Gasteiger partial charge on any atom is 0.225 e. The van der Waals surface area contributed by atoms with Crippen LogP contribution in [0.2, 0.25) is 0 Å². The maximum atomic E-state index is 12.2. The Morgan fingerprint density at radius 3 is 2.53 bits per heavy atom. The molecule has 4 heteroatoms. The van der Waals surface area contributed by atoms with Crippen molar-refractivity contribution in [1.29, 1.82) is 0 Å². The number of hydrogen-bond donors (Lipinski definition) is 1. The van der Waals surface area contributed by atoms with E-state index in [1.165, 1.54) is 5.56 Å². The van der Waals surface area contributed by atoms with E-state index in [9.17, 15) is 4.79 Å². The highest BCUT2D eigenvalue weighted by Gasteiger charge is 2.33. The highest BCUT2D eigenvalue weighted by Crippen LogP contribution is 2.31. The second-order valence-corrected chi connectivity index (χ2v) is 5.76. The molecule has 0 bridgehead atoms. The van der Waals surface area contributed by atoms with E-state index in [-0.39, 0.29) is 11.8 Å². The van der Waals surface area contributed by atoms with Gasteiger partial charge in [0.05, 0.1) is 4.99 Å². The third-order valence-electron chi connectivity index (χ3n) is 3.36. The molecule has 0 unspecified atom stereocenters. The summed E-state index contributed by atoms with van der Waals surface area (Å²) in [5, 5.41) is 0. The summed E-state index contributed by atoms with van der Waals surface area (Å²) >= 11 is 4.90. The smallest absolute Gasteiger partial charge is 0.225 e. The number of amides is 1. The molecule has 1 aliphatic carbocycles. The van der Waals surface area contributed by atoms with E-state index in [0.29, 0.717) is 24.5 Å². The molecule has 1 aliphatic rings. The summed E-state index contributed by atoms with van der Waals surface area (Å²) in [6, 6.07) is 8.29. The Morgan fingerprint density at radius 1 is 1.37 bits per heavy atom. The third-order valence-corrected chi connectivity index (χ3v) is 3.56. The Bertz CT molecular complexity index is 466. The molecule has 2 rings (SSSR count). The molecule has 0 aliphatic heterocycles. The molecule has 0 saturated heterocycles. The summed E-state index contributed by atoms with van der Waals surface area (Å²) in [5.74, 6) is 0.480. The van der Waals surface area contributed by atoms with Crippen molar-refractivity contribution in [1.82, 2.24) is 4.90 Å². The van der Waals surface area contributed by atoms with Crippen molar-refractivity contribution in [2.75, 3.05) is 6.54 Å². The predicted molar refractivity (Wildman–Crippen MR) is 80.7 cm³/mol. The van der Waals surface area contributed by atoms with Gasteiger partial charge in [-0.1, -0.05) is 42.0 Å². The zero-order chi connectivity index (χ0) is 13.8. The Hall–Kier alpha value is -1.42. The molecule has 2 N–H and O–H groups in total. The lowest BCUT2D eigenvalue weighted by Gasteiger charge is -2.22. The van der Waals surface area contributed by atoms with Crippen LogP contribution in [0.1, 0.15) is 30.4 Å². The molecule has 0 atom stereocenters. The molecule has 1 aromatic carbocycles. The fourth-order valence-corrected chi connectivity index (χ4v) is 2.11. The normalized spacial score (nSPS) is 14.2. The van der Waals surface area contributed by atoms with Crippen LogP contribution in [0.4, 0.5) is 0 Å². The first kappa shape index (κ1) is 14.0. The van der Waals surface area contributed by atoms with E-state index < -0.39 is 0 Å². The molecular formula is C15H20N2OS. The van der Waals surface area contributed by atoms with Crippen molar-refractivity contribution in [3.8, 4) is 0 Å². The maximum absolute atomic E-state index is 12.2. The Morgan fingerprint density at radius 2 is 2.00 bits per heavy atom. The number of thiocarbonyl (C=S) groups is 1. The van der Waals surface area contributed by atoms with Crippen LogP contribution in [-0.2, 0) is 11.3 Å². The van der Waals surface area contributed by atoms with Crippen molar-refractivity contribution in [2.45, 2.75) is 32.7 Å². The van der Waals surface area contributed by atoms with Gasteiger partial charge in [-0.25, -0.2) is 0 Å². The van der Waals surface area contributed by atoms with Crippen molar-refractivity contribution in [3.63, 3.8) is 0 Å². The third kappa shape index (κ3) is 4.31. The van der Waals surface area contributed by atoms with Crippen LogP contribution in [0.25, 0.3) is 0 Å².